The van der Waals surface area contributed by atoms with E-state index < -0.39 is 0 Å². The van der Waals surface area contributed by atoms with Gasteiger partial charge in [0, 0.05) is 16.0 Å². The maximum atomic E-state index is 12.4. The number of hydrogen-bond donors (Lipinski definition) is 1. The maximum absolute atomic E-state index is 12.4. The van der Waals surface area contributed by atoms with E-state index in [1.165, 1.54) is 0 Å². The van der Waals surface area contributed by atoms with Gasteiger partial charge in [-0.1, -0.05) is 35.8 Å². The number of nitrogens with one attached hydrogen (secondary N) is 1. The van der Waals surface area contributed by atoms with Gasteiger partial charge in [-0.25, -0.2) is 0 Å². The van der Waals surface area contributed by atoms with Crippen molar-refractivity contribution in [1.82, 2.24) is 10.2 Å². The minimum Gasteiger partial charge on any atom is -0.403 e. The van der Waals surface area contributed by atoms with Crippen molar-refractivity contribution < 1.29 is 9.21 Å². The average molecular weight is 353 g/mol. The molecule has 1 aromatic heterocycles. The minimum absolute atomic E-state index is 0.0921. The number of carbonyl (C=O) groups is 1. The summed E-state index contributed by atoms with van der Waals surface area (Å²) in [5.41, 5.74) is 3.57. The third-order valence-corrected chi connectivity index (χ3v) is 4.55. The van der Waals surface area contributed by atoms with Crippen LogP contribution in [0.15, 0.2) is 51.8 Å². The summed E-state index contributed by atoms with van der Waals surface area (Å²) in [6.45, 7) is 6.06. The molecule has 0 radical (unpaired) electrons. The first-order chi connectivity index (χ1) is 12.1. The van der Waals surface area contributed by atoms with Crippen molar-refractivity contribution in [2.24, 2.45) is 0 Å². The van der Waals surface area contributed by atoms with Crippen molar-refractivity contribution in [2.45, 2.75) is 25.7 Å². The van der Waals surface area contributed by atoms with Crippen LogP contribution >= 0.6 is 11.8 Å². The predicted molar refractivity (Wildman–Crippen MR) is 100 cm³/mol. The Bertz CT molecular complexity index is 905. The lowest BCUT2D eigenvalue weighted by molar-refractivity contribution is 0.102. The molecule has 3 aromatic rings. The lowest BCUT2D eigenvalue weighted by Gasteiger charge is -2.04. The van der Waals surface area contributed by atoms with Gasteiger partial charge in [0.2, 0.25) is 5.89 Å². The smallest absolute Gasteiger partial charge is 0.322 e. The molecule has 0 atom stereocenters. The summed E-state index contributed by atoms with van der Waals surface area (Å²) < 4.78 is 5.62. The number of benzene rings is 2. The molecule has 128 valence electrons. The van der Waals surface area contributed by atoms with Crippen molar-refractivity contribution in [3.63, 3.8) is 0 Å². The molecule has 25 heavy (non-hydrogen) atoms. The molecular weight excluding hydrogens is 334 g/mol. The third kappa shape index (κ3) is 4.09. The second-order valence-corrected chi connectivity index (χ2v) is 6.98. The molecule has 0 bridgehead atoms. The van der Waals surface area contributed by atoms with Gasteiger partial charge in [0.05, 0.1) is 0 Å². The highest BCUT2D eigenvalue weighted by molar-refractivity contribution is 7.99. The molecule has 0 saturated carbocycles. The molecule has 0 spiro atoms. The van der Waals surface area contributed by atoms with Crippen LogP contribution in [0, 0.1) is 13.8 Å². The van der Waals surface area contributed by atoms with E-state index in [0.717, 1.165) is 27.3 Å². The first-order valence-electron chi connectivity index (χ1n) is 8.02. The molecule has 0 fully saturated rings. The van der Waals surface area contributed by atoms with Gasteiger partial charge in [0.15, 0.2) is 0 Å². The number of rotatable bonds is 5. The van der Waals surface area contributed by atoms with Gasteiger partial charge in [-0.15, -0.1) is 16.9 Å². The van der Waals surface area contributed by atoms with Gasteiger partial charge in [-0.3, -0.25) is 10.1 Å². The number of nitrogens with zero attached hydrogens (tertiary/aromatic N) is 2. The molecule has 0 unspecified atom stereocenters. The second kappa shape index (κ2) is 7.53. The Kier molecular flexibility index (Phi) is 5.19. The molecular formula is C19H19N3O2S. The molecule has 5 nitrogen and oxygen atoms in total. The van der Waals surface area contributed by atoms with E-state index in [-0.39, 0.29) is 11.9 Å². The fourth-order valence-electron chi connectivity index (χ4n) is 2.41. The van der Waals surface area contributed by atoms with Crippen LogP contribution in [0.25, 0.3) is 11.5 Å². The lowest BCUT2D eigenvalue weighted by Crippen LogP contribution is -2.12. The molecule has 2 aromatic carbocycles. The van der Waals surface area contributed by atoms with Crippen molar-refractivity contribution in [2.75, 3.05) is 11.1 Å². The Balaban J connectivity index is 1.78. The topological polar surface area (TPSA) is 68.0 Å². The Morgan fingerprint density at radius 2 is 2.00 bits per heavy atom. The van der Waals surface area contributed by atoms with Crippen LogP contribution in [0.4, 0.5) is 6.01 Å². The fourth-order valence-corrected chi connectivity index (χ4v) is 3.13. The van der Waals surface area contributed by atoms with E-state index in [2.05, 4.69) is 22.4 Å². The van der Waals surface area contributed by atoms with Gasteiger partial charge in [-0.2, -0.15) is 0 Å². The average Bonchev–Trinajstić information content (AvgIpc) is 3.06. The highest BCUT2D eigenvalue weighted by atomic mass is 32.2. The standard InChI is InChI=1S/C19H19N3O2S/c1-4-25-15-7-5-6-14(11-15)17(23)20-19-22-21-18(24-19)16-10-12(2)8-9-13(16)3/h5-11H,4H2,1-3H3,(H,20,22,23). The van der Waals surface area contributed by atoms with E-state index in [4.69, 9.17) is 4.42 Å². The predicted octanol–water partition coefficient (Wildman–Crippen LogP) is 4.72. The van der Waals surface area contributed by atoms with E-state index >= 15 is 0 Å². The van der Waals surface area contributed by atoms with Crippen LogP contribution < -0.4 is 5.32 Å². The van der Waals surface area contributed by atoms with Crippen LogP contribution in [0.1, 0.15) is 28.4 Å². The van der Waals surface area contributed by atoms with Crippen LogP contribution in [0.3, 0.4) is 0 Å². The summed E-state index contributed by atoms with van der Waals surface area (Å²) in [4.78, 5) is 13.4. The molecule has 0 aliphatic carbocycles. The SMILES string of the molecule is CCSc1cccc(C(=O)Nc2nnc(-c3cc(C)ccc3C)o2)c1. The zero-order valence-corrected chi connectivity index (χ0v) is 15.2. The minimum atomic E-state index is -0.269. The molecule has 1 amide bonds. The zero-order valence-electron chi connectivity index (χ0n) is 14.4. The van der Waals surface area contributed by atoms with Crippen molar-refractivity contribution >= 4 is 23.7 Å². The first kappa shape index (κ1) is 17.2. The Hall–Kier alpha value is -2.60. The number of hydrogen-bond acceptors (Lipinski definition) is 5. The fraction of sp³-hybridized carbons (Fsp3) is 0.211. The number of thioether (sulfide) groups is 1. The van der Waals surface area contributed by atoms with E-state index in [1.54, 1.807) is 17.8 Å². The number of carbonyl (C=O) groups excluding carboxylic acids is 1. The van der Waals surface area contributed by atoms with Crippen molar-refractivity contribution in [3.05, 3.63) is 59.2 Å². The third-order valence-electron chi connectivity index (χ3n) is 3.68. The number of anilines is 1. The van der Waals surface area contributed by atoms with Gasteiger partial charge >= 0.3 is 6.01 Å². The Labute approximate surface area is 150 Å². The summed E-state index contributed by atoms with van der Waals surface area (Å²) in [6.07, 6.45) is 0. The number of aromatic nitrogens is 2. The van der Waals surface area contributed by atoms with Gasteiger partial charge in [0.25, 0.3) is 5.91 Å². The van der Waals surface area contributed by atoms with Crippen LogP contribution in [0.2, 0.25) is 0 Å². The van der Waals surface area contributed by atoms with Crippen molar-refractivity contribution in [3.8, 4) is 11.5 Å². The normalized spacial score (nSPS) is 10.7. The highest BCUT2D eigenvalue weighted by Gasteiger charge is 2.14. The summed E-state index contributed by atoms with van der Waals surface area (Å²) in [5.74, 6) is 1.08. The second-order valence-electron chi connectivity index (χ2n) is 5.65. The monoisotopic (exact) mass is 353 g/mol. The molecule has 6 heteroatoms. The highest BCUT2D eigenvalue weighted by Crippen LogP contribution is 2.25. The molecule has 1 N–H and O–H groups in total. The number of aryl methyl sites for hydroxylation is 2. The van der Waals surface area contributed by atoms with E-state index in [1.807, 2.05) is 50.2 Å². The molecule has 0 aliphatic heterocycles. The quantitative estimate of drug-likeness (QED) is 0.672. The maximum Gasteiger partial charge on any atom is 0.322 e. The van der Waals surface area contributed by atoms with E-state index in [0.29, 0.717) is 11.5 Å². The van der Waals surface area contributed by atoms with Crippen molar-refractivity contribution in [1.29, 1.82) is 0 Å². The number of amides is 1. The summed E-state index contributed by atoms with van der Waals surface area (Å²) in [7, 11) is 0. The van der Waals surface area contributed by atoms with Crippen LogP contribution in [-0.2, 0) is 0 Å². The van der Waals surface area contributed by atoms with Crippen LogP contribution in [-0.4, -0.2) is 21.9 Å². The van der Waals surface area contributed by atoms with Gasteiger partial charge in [-0.05, 0) is 49.4 Å². The van der Waals surface area contributed by atoms with Crippen LogP contribution in [0.5, 0.6) is 0 Å². The molecule has 1 heterocycles. The zero-order chi connectivity index (χ0) is 17.8. The Morgan fingerprint density at radius 1 is 1.16 bits per heavy atom. The summed E-state index contributed by atoms with van der Waals surface area (Å²) in [5, 5.41) is 10.6. The van der Waals surface area contributed by atoms with Gasteiger partial charge < -0.3 is 4.42 Å². The Morgan fingerprint density at radius 3 is 2.80 bits per heavy atom. The molecule has 0 aliphatic rings. The summed E-state index contributed by atoms with van der Waals surface area (Å²) in [6, 6.07) is 13.6. The lowest BCUT2D eigenvalue weighted by atomic mass is 10.1. The molecule has 3 rings (SSSR count). The largest absolute Gasteiger partial charge is 0.403 e. The van der Waals surface area contributed by atoms with Gasteiger partial charge in [0.1, 0.15) is 0 Å². The summed E-state index contributed by atoms with van der Waals surface area (Å²) >= 11 is 1.69. The molecule has 0 saturated heterocycles. The van der Waals surface area contributed by atoms with E-state index in [9.17, 15) is 4.79 Å². The first-order valence-corrected chi connectivity index (χ1v) is 9.00.